The zero-order valence-corrected chi connectivity index (χ0v) is 15.5. The van der Waals surface area contributed by atoms with Gasteiger partial charge in [0, 0.05) is 11.5 Å². The Morgan fingerprint density at radius 2 is 1.62 bits per heavy atom. The van der Waals surface area contributed by atoms with Gasteiger partial charge in [0.2, 0.25) is 0 Å². The van der Waals surface area contributed by atoms with E-state index in [9.17, 15) is 0 Å². The molecule has 0 radical (unpaired) electrons. The van der Waals surface area contributed by atoms with Crippen LogP contribution >= 0.6 is 0 Å². The first kappa shape index (κ1) is 17.2. The molecule has 3 rings (SSSR count). The lowest BCUT2D eigenvalue weighted by molar-refractivity contribution is -0.922. The van der Waals surface area contributed by atoms with Crippen molar-refractivity contribution < 1.29 is 4.90 Å². The number of benzene rings is 2. The van der Waals surface area contributed by atoms with Gasteiger partial charge >= 0.3 is 0 Å². The van der Waals surface area contributed by atoms with Gasteiger partial charge in [-0.2, -0.15) is 0 Å². The molecule has 0 aromatic heterocycles. The predicted molar refractivity (Wildman–Crippen MR) is 102 cm³/mol. The molecule has 0 spiro atoms. The molecule has 24 heavy (non-hydrogen) atoms. The van der Waals surface area contributed by atoms with Crippen molar-refractivity contribution in [3.05, 3.63) is 71.3 Å². The van der Waals surface area contributed by atoms with E-state index in [1.54, 1.807) is 4.90 Å². The normalized spacial score (nSPS) is 21.6. The lowest BCUT2D eigenvalue weighted by Gasteiger charge is -2.30. The molecule has 1 fully saturated rings. The molecule has 2 aromatic rings. The monoisotopic (exact) mass is 322 g/mol. The van der Waals surface area contributed by atoms with Crippen molar-refractivity contribution in [2.45, 2.75) is 52.0 Å². The van der Waals surface area contributed by atoms with E-state index in [4.69, 9.17) is 0 Å². The van der Waals surface area contributed by atoms with Crippen molar-refractivity contribution in [3.8, 4) is 0 Å². The molecule has 128 valence electrons. The molecule has 0 bridgehead atoms. The van der Waals surface area contributed by atoms with E-state index in [2.05, 4.69) is 75.4 Å². The van der Waals surface area contributed by atoms with E-state index in [1.165, 1.54) is 55.6 Å². The van der Waals surface area contributed by atoms with E-state index in [0.29, 0.717) is 0 Å². The topological polar surface area (TPSA) is 4.44 Å². The highest BCUT2D eigenvalue weighted by Crippen LogP contribution is 2.23. The third kappa shape index (κ3) is 4.70. The Labute approximate surface area is 147 Å². The molecule has 1 heterocycles. The van der Waals surface area contributed by atoms with Crippen molar-refractivity contribution in [1.29, 1.82) is 0 Å². The van der Waals surface area contributed by atoms with Gasteiger partial charge in [-0.1, -0.05) is 75.4 Å². The maximum absolute atomic E-state index is 2.35. The molecule has 1 unspecified atom stereocenters. The molecule has 1 aliphatic rings. The van der Waals surface area contributed by atoms with Crippen LogP contribution < -0.4 is 4.90 Å². The minimum absolute atomic E-state index is 0.250. The van der Waals surface area contributed by atoms with Crippen LogP contribution in [0, 0.1) is 5.92 Å². The standard InChI is InChI=1S/C23H31N/c1-23(2,3)22-13-11-19(12-14-22)16-21-10-7-15-24(18-21)17-20-8-5-4-6-9-20/h4-6,8-9,11-14,21H,7,10,15-18H2,1-3H3/p+1/t21-/m1/s1. The first-order chi connectivity index (χ1) is 11.5. The predicted octanol–water partition coefficient (Wildman–Crippen LogP) is 4.02. The number of piperidine rings is 1. The minimum Gasteiger partial charge on any atom is -0.331 e. The number of nitrogens with one attached hydrogen (secondary N) is 1. The van der Waals surface area contributed by atoms with Crippen LogP contribution in [0.1, 0.15) is 50.3 Å². The summed E-state index contributed by atoms with van der Waals surface area (Å²) in [6.07, 6.45) is 3.99. The Morgan fingerprint density at radius 1 is 0.917 bits per heavy atom. The van der Waals surface area contributed by atoms with Crippen molar-refractivity contribution in [2.24, 2.45) is 5.92 Å². The second kappa shape index (κ2) is 7.53. The van der Waals surface area contributed by atoms with Gasteiger partial charge in [0.15, 0.2) is 0 Å². The summed E-state index contributed by atoms with van der Waals surface area (Å²) in [5, 5.41) is 0. The summed E-state index contributed by atoms with van der Waals surface area (Å²) in [5.41, 5.74) is 4.67. The lowest BCUT2D eigenvalue weighted by atomic mass is 9.85. The number of quaternary nitrogens is 1. The van der Waals surface area contributed by atoms with Crippen molar-refractivity contribution in [2.75, 3.05) is 13.1 Å². The van der Waals surface area contributed by atoms with Crippen LogP contribution in [-0.2, 0) is 18.4 Å². The highest BCUT2D eigenvalue weighted by atomic mass is 15.1. The van der Waals surface area contributed by atoms with Gasteiger partial charge in [0.25, 0.3) is 0 Å². The molecule has 1 heteroatoms. The van der Waals surface area contributed by atoms with E-state index < -0.39 is 0 Å². The summed E-state index contributed by atoms with van der Waals surface area (Å²) in [7, 11) is 0. The number of likely N-dealkylation sites (tertiary alicyclic amines) is 1. The molecule has 0 saturated carbocycles. The molecule has 0 amide bonds. The highest BCUT2D eigenvalue weighted by molar-refractivity contribution is 5.27. The first-order valence-corrected chi connectivity index (χ1v) is 9.47. The summed E-state index contributed by atoms with van der Waals surface area (Å²) in [5.74, 6) is 0.831. The van der Waals surface area contributed by atoms with Gasteiger partial charge in [0.1, 0.15) is 6.54 Å². The van der Waals surface area contributed by atoms with E-state index >= 15 is 0 Å². The fourth-order valence-corrected chi connectivity index (χ4v) is 3.95. The van der Waals surface area contributed by atoms with Gasteiger partial charge in [-0.15, -0.1) is 0 Å². The van der Waals surface area contributed by atoms with Crippen molar-refractivity contribution in [3.63, 3.8) is 0 Å². The Morgan fingerprint density at radius 3 is 2.29 bits per heavy atom. The van der Waals surface area contributed by atoms with Gasteiger partial charge in [0.05, 0.1) is 13.1 Å². The van der Waals surface area contributed by atoms with Crippen LogP contribution in [0.2, 0.25) is 0 Å². The third-order valence-corrected chi connectivity index (χ3v) is 5.36. The molecular weight excluding hydrogens is 290 g/mol. The number of hydrogen-bond acceptors (Lipinski definition) is 0. The van der Waals surface area contributed by atoms with Crippen LogP contribution in [0.25, 0.3) is 0 Å². The molecule has 2 aromatic carbocycles. The second-order valence-electron chi connectivity index (χ2n) is 8.53. The summed E-state index contributed by atoms with van der Waals surface area (Å²) in [6, 6.07) is 20.3. The smallest absolute Gasteiger partial charge is 0.103 e. The van der Waals surface area contributed by atoms with E-state index in [1.807, 2.05) is 0 Å². The Bertz CT molecular complexity index is 621. The maximum Gasteiger partial charge on any atom is 0.103 e. The highest BCUT2D eigenvalue weighted by Gasteiger charge is 2.23. The summed E-state index contributed by atoms with van der Waals surface area (Å²) < 4.78 is 0. The zero-order chi connectivity index (χ0) is 17.0. The molecule has 1 saturated heterocycles. The fourth-order valence-electron chi connectivity index (χ4n) is 3.95. The van der Waals surface area contributed by atoms with Crippen LogP contribution in [0.3, 0.4) is 0 Å². The quantitative estimate of drug-likeness (QED) is 0.867. The number of rotatable bonds is 4. The first-order valence-electron chi connectivity index (χ1n) is 9.47. The molecule has 2 atom stereocenters. The van der Waals surface area contributed by atoms with Crippen molar-refractivity contribution in [1.82, 2.24) is 0 Å². The molecular formula is C23H32N+. The third-order valence-electron chi connectivity index (χ3n) is 5.36. The molecule has 0 aliphatic carbocycles. The Kier molecular flexibility index (Phi) is 5.40. The molecule has 1 aliphatic heterocycles. The SMILES string of the molecule is CC(C)(C)c1ccc(C[C@H]2CCC[NH+](Cc3ccccc3)C2)cc1. The minimum atomic E-state index is 0.250. The fraction of sp³-hybridized carbons (Fsp3) is 0.478. The zero-order valence-electron chi connectivity index (χ0n) is 15.5. The van der Waals surface area contributed by atoms with E-state index in [-0.39, 0.29) is 5.41 Å². The van der Waals surface area contributed by atoms with Gasteiger partial charge in [-0.05, 0) is 35.8 Å². The van der Waals surface area contributed by atoms with Crippen LogP contribution in [0.15, 0.2) is 54.6 Å². The molecule has 1 nitrogen and oxygen atoms in total. The number of hydrogen-bond donors (Lipinski definition) is 1. The Hall–Kier alpha value is -1.60. The van der Waals surface area contributed by atoms with Gasteiger partial charge in [-0.3, -0.25) is 0 Å². The second-order valence-corrected chi connectivity index (χ2v) is 8.53. The average Bonchev–Trinajstić information content (AvgIpc) is 2.56. The lowest BCUT2D eigenvalue weighted by Crippen LogP contribution is -3.12. The summed E-state index contributed by atoms with van der Waals surface area (Å²) in [4.78, 5) is 1.75. The average molecular weight is 323 g/mol. The largest absolute Gasteiger partial charge is 0.331 e. The maximum atomic E-state index is 2.35. The summed E-state index contributed by atoms with van der Waals surface area (Å²) in [6.45, 7) is 10.7. The van der Waals surface area contributed by atoms with E-state index in [0.717, 1.165) is 5.92 Å². The Balaban J connectivity index is 1.57. The summed E-state index contributed by atoms with van der Waals surface area (Å²) >= 11 is 0. The van der Waals surface area contributed by atoms with Crippen LogP contribution in [0.5, 0.6) is 0 Å². The van der Waals surface area contributed by atoms with Crippen molar-refractivity contribution >= 4 is 0 Å². The van der Waals surface area contributed by atoms with Gasteiger partial charge in [-0.25, -0.2) is 0 Å². The molecule has 1 N–H and O–H groups in total. The van der Waals surface area contributed by atoms with Gasteiger partial charge < -0.3 is 4.90 Å². The van der Waals surface area contributed by atoms with Crippen LogP contribution in [0.4, 0.5) is 0 Å². The van der Waals surface area contributed by atoms with Crippen LogP contribution in [-0.4, -0.2) is 13.1 Å².